The van der Waals surface area contributed by atoms with Gasteiger partial charge in [-0.25, -0.2) is 0 Å². The van der Waals surface area contributed by atoms with Gasteiger partial charge < -0.3 is 10.1 Å². The Morgan fingerprint density at radius 1 is 1.19 bits per heavy atom. The van der Waals surface area contributed by atoms with Crippen LogP contribution >= 0.6 is 0 Å². The molecule has 1 N–H and O–H groups in total. The molecule has 0 unspecified atom stereocenters. The zero-order chi connectivity index (χ0) is 14.9. The number of ether oxygens (including phenoxy) is 1. The second kappa shape index (κ2) is 8.04. The van der Waals surface area contributed by atoms with Crippen LogP contribution in [0.2, 0.25) is 0 Å². The quantitative estimate of drug-likeness (QED) is 0.787. The van der Waals surface area contributed by atoms with Gasteiger partial charge in [-0.3, -0.25) is 9.78 Å². The van der Waals surface area contributed by atoms with E-state index in [1.54, 1.807) is 12.3 Å². The number of aromatic nitrogens is 1. The van der Waals surface area contributed by atoms with Crippen LogP contribution in [0.15, 0.2) is 48.8 Å². The number of para-hydroxylation sites is 1. The van der Waals surface area contributed by atoms with Gasteiger partial charge >= 0.3 is 0 Å². The zero-order valence-corrected chi connectivity index (χ0v) is 12.2. The summed E-state index contributed by atoms with van der Waals surface area (Å²) in [5, 5.41) is 2.90. The maximum atomic E-state index is 12.2. The normalized spacial score (nSPS) is 10.1. The van der Waals surface area contributed by atoms with E-state index in [2.05, 4.69) is 17.2 Å². The van der Waals surface area contributed by atoms with Gasteiger partial charge in [0, 0.05) is 18.9 Å². The molecule has 4 nitrogen and oxygen atoms in total. The topological polar surface area (TPSA) is 51.2 Å². The summed E-state index contributed by atoms with van der Waals surface area (Å²) in [4.78, 5) is 16.2. The minimum atomic E-state index is -0.148. The third-order valence-electron chi connectivity index (χ3n) is 3.06. The van der Waals surface area contributed by atoms with E-state index in [1.807, 2.05) is 30.3 Å². The largest absolute Gasteiger partial charge is 0.456 e. The number of benzene rings is 1. The highest BCUT2D eigenvalue weighted by Gasteiger charge is 2.12. The molecule has 0 aliphatic rings. The van der Waals surface area contributed by atoms with Crippen LogP contribution in [0.25, 0.3) is 0 Å². The lowest BCUT2D eigenvalue weighted by atomic mass is 10.2. The van der Waals surface area contributed by atoms with Crippen LogP contribution < -0.4 is 10.1 Å². The molecule has 4 heteroatoms. The smallest absolute Gasteiger partial charge is 0.256 e. The Bertz CT molecular complexity index is 570. The number of unbranched alkanes of at least 4 members (excludes halogenated alkanes) is 2. The Balaban J connectivity index is 2.04. The second-order valence-electron chi connectivity index (χ2n) is 4.75. The van der Waals surface area contributed by atoms with Crippen LogP contribution in [0.5, 0.6) is 11.5 Å². The number of carbonyl (C=O) groups excluding carboxylic acids is 1. The Kier molecular flexibility index (Phi) is 5.76. The fraction of sp³-hybridized carbons (Fsp3) is 0.294. The highest BCUT2D eigenvalue weighted by atomic mass is 16.5. The SMILES string of the molecule is CCCCCNC(=O)c1cnccc1Oc1ccccc1. The predicted molar refractivity (Wildman–Crippen MR) is 82.6 cm³/mol. The number of amides is 1. The van der Waals surface area contributed by atoms with Crippen LogP contribution in [-0.4, -0.2) is 17.4 Å². The molecule has 0 bridgehead atoms. The highest BCUT2D eigenvalue weighted by Crippen LogP contribution is 2.24. The van der Waals surface area contributed by atoms with Crippen molar-refractivity contribution in [1.82, 2.24) is 10.3 Å². The Hall–Kier alpha value is -2.36. The van der Waals surface area contributed by atoms with E-state index in [-0.39, 0.29) is 5.91 Å². The number of rotatable bonds is 7. The molecule has 2 rings (SSSR count). The van der Waals surface area contributed by atoms with Gasteiger partial charge in [0.15, 0.2) is 0 Å². The lowest BCUT2D eigenvalue weighted by molar-refractivity contribution is 0.0950. The van der Waals surface area contributed by atoms with Crippen LogP contribution in [0, 0.1) is 0 Å². The second-order valence-corrected chi connectivity index (χ2v) is 4.75. The number of nitrogens with one attached hydrogen (secondary N) is 1. The summed E-state index contributed by atoms with van der Waals surface area (Å²) in [6.07, 6.45) is 6.38. The van der Waals surface area contributed by atoms with E-state index in [4.69, 9.17) is 4.74 Å². The molecule has 0 aliphatic carbocycles. The molecule has 1 aromatic carbocycles. The van der Waals surface area contributed by atoms with Crippen LogP contribution in [0.3, 0.4) is 0 Å². The summed E-state index contributed by atoms with van der Waals surface area (Å²) in [5.41, 5.74) is 0.456. The maximum absolute atomic E-state index is 12.2. The summed E-state index contributed by atoms with van der Waals surface area (Å²) < 4.78 is 5.76. The van der Waals surface area contributed by atoms with Gasteiger partial charge in [0.05, 0.1) is 0 Å². The third kappa shape index (κ3) is 4.60. The Morgan fingerprint density at radius 3 is 2.76 bits per heavy atom. The molecule has 0 radical (unpaired) electrons. The summed E-state index contributed by atoms with van der Waals surface area (Å²) >= 11 is 0. The van der Waals surface area contributed by atoms with E-state index >= 15 is 0 Å². The number of hydrogen-bond donors (Lipinski definition) is 1. The molecular weight excluding hydrogens is 264 g/mol. The monoisotopic (exact) mass is 284 g/mol. The molecule has 0 spiro atoms. The van der Waals surface area contributed by atoms with Crippen molar-refractivity contribution in [3.05, 3.63) is 54.4 Å². The fourth-order valence-corrected chi connectivity index (χ4v) is 1.93. The van der Waals surface area contributed by atoms with Crippen molar-refractivity contribution in [2.75, 3.05) is 6.54 Å². The standard InChI is InChI=1S/C17H20N2O2/c1-2-3-7-11-19-17(20)15-13-18-12-10-16(15)21-14-8-5-4-6-9-14/h4-6,8-10,12-13H,2-3,7,11H2,1H3,(H,19,20). The van der Waals surface area contributed by atoms with Crippen molar-refractivity contribution in [3.63, 3.8) is 0 Å². The summed E-state index contributed by atoms with van der Waals surface area (Å²) in [6.45, 7) is 2.81. The molecule has 2 aromatic rings. The molecule has 1 aromatic heterocycles. The van der Waals surface area contributed by atoms with Crippen molar-refractivity contribution in [2.45, 2.75) is 26.2 Å². The average molecular weight is 284 g/mol. The Morgan fingerprint density at radius 2 is 2.00 bits per heavy atom. The molecule has 0 aliphatic heterocycles. The van der Waals surface area contributed by atoms with Gasteiger partial charge in [0.25, 0.3) is 5.91 Å². The predicted octanol–water partition coefficient (Wildman–Crippen LogP) is 3.79. The van der Waals surface area contributed by atoms with Gasteiger partial charge in [-0.15, -0.1) is 0 Å². The lowest BCUT2D eigenvalue weighted by Gasteiger charge is -2.10. The molecule has 0 saturated heterocycles. The van der Waals surface area contributed by atoms with Gasteiger partial charge in [-0.05, 0) is 24.6 Å². The van der Waals surface area contributed by atoms with E-state index in [9.17, 15) is 4.79 Å². The van der Waals surface area contributed by atoms with E-state index in [0.29, 0.717) is 23.6 Å². The summed E-state index contributed by atoms with van der Waals surface area (Å²) in [5.74, 6) is 1.07. The van der Waals surface area contributed by atoms with Gasteiger partial charge in [-0.2, -0.15) is 0 Å². The van der Waals surface area contributed by atoms with Gasteiger partial charge in [-0.1, -0.05) is 38.0 Å². The molecule has 1 heterocycles. The number of pyridine rings is 1. The molecular formula is C17H20N2O2. The molecule has 0 atom stereocenters. The van der Waals surface area contributed by atoms with Crippen LogP contribution in [-0.2, 0) is 0 Å². The van der Waals surface area contributed by atoms with Crippen molar-refractivity contribution in [3.8, 4) is 11.5 Å². The first kappa shape index (κ1) is 15.0. The Labute approximate surface area is 125 Å². The van der Waals surface area contributed by atoms with Gasteiger partial charge in [0.1, 0.15) is 17.1 Å². The van der Waals surface area contributed by atoms with E-state index in [1.165, 1.54) is 6.20 Å². The third-order valence-corrected chi connectivity index (χ3v) is 3.06. The minimum absolute atomic E-state index is 0.148. The molecule has 0 saturated carbocycles. The maximum Gasteiger partial charge on any atom is 0.256 e. The van der Waals surface area contributed by atoms with Crippen molar-refractivity contribution in [1.29, 1.82) is 0 Å². The first-order valence-electron chi connectivity index (χ1n) is 7.26. The first-order valence-corrected chi connectivity index (χ1v) is 7.26. The first-order chi connectivity index (χ1) is 10.3. The van der Waals surface area contributed by atoms with Gasteiger partial charge in [0.2, 0.25) is 0 Å². The summed E-state index contributed by atoms with van der Waals surface area (Å²) in [7, 11) is 0. The molecule has 1 amide bonds. The molecule has 0 fully saturated rings. The number of nitrogens with zero attached hydrogens (tertiary/aromatic N) is 1. The fourth-order valence-electron chi connectivity index (χ4n) is 1.93. The zero-order valence-electron chi connectivity index (χ0n) is 12.2. The van der Waals surface area contributed by atoms with E-state index < -0.39 is 0 Å². The van der Waals surface area contributed by atoms with Crippen LogP contribution in [0.1, 0.15) is 36.5 Å². The minimum Gasteiger partial charge on any atom is -0.456 e. The van der Waals surface area contributed by atoms with Crippen molar-refractivity contribution in [2.24, 2.45) is 0 Å². The number of carbonyl (C=O) groups is 1. The van der Waals surface area contributed by atoms with Crippen LogP contribution in [0.4, 0.5) is 0 Å². The lowest BCUT2D eigenvalue weighted by Crippen LogP contribution is -2.25. The molecule has 110 valence electrons. The van der Waals surface area contributed by atoms with Crippen molar-refractivity contribution >= 4 is 5.91 Å². The number of hydrogen-bond acceptors (Lipinski definition) is 3. The van der Waals surface area contributed by atoms with Crippen molar-refractivity contribution < 1.29 is 9.53 Å². The average Bonchev–Trinajstić information content (AvgIpc) is 2.53. The highest BCUT2D eigenvalue weighted by molar-refractivity contribution is 5.96. The van der Waals surface area contributed by atoms with E-state index in [0.717, 1.165) is 19.3 Å². The summed E-state index contributed by atoms with van der Waals surface area (Å²) in [6, 6.07) is 11.1. The molecule has 21 heavy (non-hydrogen) atoms.